The third-order valence-electron chi connectivity index (χ3n) is 4.00. The predicted molar refractivity (Wildman–Crippen MR) is 95.6 cm³/mol. The van der Waals surface area contributed by atoms with E-state index >= 15 is 0 Å². The summed E-state index contributed by atoms with van der Waals surface area (Å²) in [4.78, 5) is 17.1. The van der Waals surface area contributed by atoms with Crippen LogP contribution in [0.3, 0.4) is 0 Å². The van der Waals surface area contributed by atoms with Crippen LogP contribution in [0, 0.1) is 23.8 Å². The number of rotatable bonds is 0. The minimum absolute atomic E-state index is 0. The SMILES string of the molecule is Fc1cc(F)c2[c-]c1cc1nc(c3[c-]c(ccc3)cc3nc2N=C3)N=C1.[Pt+2]. The van der Waals surface area contributed by atoms with E-state index in [1.54, 1.807) is 6.07 Å². The number of halogens is 2. The molecule has 5 rings (SSSR count). The molecule has 0 aliphatic carbocycles. The fraction of sp³-hybridized carbons (Fsp3) is 0. The Morgan fingerprint density at radius 3 is 2.33 bits per heavy atom. The maximum atomic E-state index is 14.2. The molecule has 0 saturated carbocycles. The van der Waals surface area contributed by atoms with E-state index in [1.165, 1.54) is 18.5 Å². The van der Waals surface area contributed by atoms with E-state index in [0.29, 0.717) is 22.6 Å². The van der Waals surface area contributed by atoms with Gasteiger partial charge in [-0.2, -0.15) is 0 Å². The van der Waals surface area contributed by atoms with Gasteiger partial charge in [-0.15, -0.1) is 35.7 Å². The van der Waals surface area contributed by atoms with Gasteiger partial charge >= 0.3 is 21.1 Å². The van der Waals surface area contributed by atoms with Crippen LogP contribution in [-0.4, -0.2) is 22.4 Å². The third kappa shape index (κ3) is 3.17. The summed E-state index contributed by atoms with van der Waals surface area (Å²) in [6.45, 7) is 0. The molecule has 3 heterocycles. The van der Waals surface area contributed by atoms with Crippen molar-refractivity contribution in [2.24, 2.45) is 9.98 Å². The minimum atomic E-state index is -0.772. The Hall–Kier alpha value is -2.85. The van der Waals surface area contributed by atoms with E-state index in [9.17, 15) is 8.78 Å². The zero-order chi connectivity index (χ0) is 17.7. The summed E-state index contributed by atoms with van der Waals surface area (Å²) >= 11 is 0. The molecule has 0 fully saturated rings. The molecule has 2 aliphatic rings. The first-order valence-electron chi connectivity index (χ1n) is 7.79. The third-order valence-corrected chi connectivity index (χ3v) is 4.00. The molecule has 0 radical (unpaired) electrons. The molecular formula is C20H8F2N4Pt. The summed E-state index contributed by atoms with van der Waals surface area (Å²) < 4.78 is 28.4. The molecule has 3 aromatic rings. The first kappa shape index (κ1) is 17.6. The summed E-state index contributed by atoms with van der Waals surface area (Å²) in [5.74, 6) is -0.895. The predicted octanol–water partition coefficient (Wildman–Crippen LogP) is 4.47. The first-order valence-corrected chi connectivity index (χ1v) is 7.79. The Balaban J connectivity index is 0.00000180. The molecule has 0 saturated heterocycles. The van der Waals surface area contributed by atoms with Crippen molar-refractivity contribution in [2.75, 3.05) is 0 Å². The van der Waals surface area contributed by atoms with Crippen LogP contribution in [0.4, 0.5) is 20.4 Å². The Bertz CT molecular complexity index is 1270. The zero-order valence-electron chi connectivity index (χ0n) is 13.5. The topological polar surface area (TPSA) is 50.5 Å². The maximum absolute atomic E-state index is 14.2. The average Bonchev–Trinajstić information content (AvgIpc) is 3.27. The molecule has 1 aromatic heterocycles. The summed E-state index contributed by atoms with van der Waals surface area (Å²) in [7, 11) is 0. The van der Waals surface area contributed by atoms with Gasteiger partial charge in [0.1, 0.15) is 0 Å². The molecule has 2 aliphatic heterocycles. The molecule has 0 atom stereocenters. The molecule has 27 heavy (non-hydrogen) atoms. The zero-order valence-corrected chi connectivity index (χ0v) is 15.8. The number of hydrogen-bond acceptors (Lipinski definition) is 4. The second kappa shape index (κ2) is 6.71. The van der Waals surface area contributed by atoms with Crippen molar-refractivity contribution in [3.8, 4) is 0 Å². The summed E-state index contributed by atoms with van der Waals surface area (Å²) in [5.41, 5.74) is 0.980. The first-order chi connectivity index (χ1) is 12.7. The molecule has 2 aromatic carbocycles. The number of hydrogen-bond donors (Lipinski definition) is 0. The molecule has 7 heteroatoms. The molecule has 8 bridgehead atoms. The number of benzene rings is 2. The molecule has 4 nitrogen and oxygen atoms in total. The van der Waals surface area contributed by atoms with Crippen molar-refractivity contribution in [2.45, 2.75) is 0 Å². The number of aliphatic imine (C=N–C) groups is 2. The van der Waals surface area contributed by atoms with Gasteiger partial charge in [0.15, 0.2) is 0 Å². The van der Waals surface area contributed by atoms with Gasteiger partial charge in [-0.05, 0) is 5.39 Å². The van der Waals surface area contributed by atoms with Crippen LogP contribution in [0.5, 0.6) is 0 Å². The standard InChI is InChI=1S/C20H8F2N4.Pt/c21-17-8-18(22)16-7-13(17)6-15-10-23-19(25-15)12-3-1-2-11(4-12)5-14-9-24-20(16)26-14;/h1-3,5-6,8-10H;/q-2;+2. The smallest absolute Gasteiger partial charge is 0.274 e. The second-order valence-corrected chi connectivity index (χ2v) is 5.80. The number of aromatic nitrogens is 2. The summed E-state index contributed by atoms with van der Waals surface area (Å²) in [5, 5.41) is 1.55. The Labute approximate surface area is 167 Å². The monoisotopic (exact) mass is 537 g/mol. The minimum Gasteiger partial charge on any atom is -0.274 e. The van der Waals surface area contributed by atoms with Crippen LogP contribution >= 0.6 is 0 Å². The van der Waals surface area contributed by atoms with Crippen LogP contribution < -0.4 is 0 Å². The van der Waals surface area contributed by atoms with E-state index in [2.05, 4.69) is 32.1 Å². The Morgan fingerprint density at radius 2 is 1.48 bits per heavy atom. The Kier molecular flexibility index (Phi) is 4.36. The van der Waals surface area contributed by atoms with E-state index in [0.717, 1.165) is 11.5 Å². The van der Waals surface area contributed by atoms with Gasteiger partial charge in [0.25, 0.3) is 0 Å². The van der Waals surface area contributed by atoms with Gasteiger partial charge in [0.2, 0.25) is 0 Å². The molecule has 0 unspecified atom stereocenters. The van der Waals surface area contributed by atoms with Crippen molar-refractivity contribution in [1.29, 1.82) is 0 Å². The van der Waals surface area contributed by atoms with Crippen molar-refractivity contribution in [1.82, 2.24) is 9.97 Å². The van der Waals surface area contributed by atoms with E-state index < -0.39 is 11.6 Å². The Morgan fingerprint density at radius 1 is 0.741 bits per heavy atom. The van der Waals surface area contributed by atoms with Crippen molar-refractivity contribution in [3.63, 3.8) is 0 Å². The quantitative estimate of drug-likeness (QED) is 0.274. The van der Waals surface area contributed by atoms with E-state index in [-0.39, 0.29) is 37.7 Å². The van der Waals surface area contributed by atoms with Crippen LogP contribution in [0.25, 0.3) is 21.5 Å². The normalized spacial score (nSPS) is 12.2. The van der Waals surface area contributed by atoms with Gasteiger partial charge in [0.05, 0.1) is 23.3 Å². The van der Waals surface area contributed by atoms with Gasteiger partial charge in [-0.25, -0.2) is 0 Å². The maximum Gasteiger partial charge on any atom is 2.00 e. The molecular weight excluding hydrogens is 529 g/mol. The molecule has 132 valence electrons. The molecule has 0 N–H and O–H groups in total. The fourth-order valence-electron chi connectivity index (χ4n) is 2.80. The van der Waals surface area contributed by atoms with Crippen LogP contribution in [0.1, 0.15) is 11.4 Å². The molecule has 0 spiro atoms. The van der Waals surface area contributed by atoms with E-state index in [1.807, 2.05) is 18.2 Å². The van der Waals surface area contributed by atoms with Gasteiger partial charge in [-0.3, -0.25) is 28.7 Å². The number of nitrogens with zero attached hydrogens (tertiary/aromatic N) is 4. The van der Waals surface area contributed by atoms with Crippen LogP contribution in [0.15, 0.2) is 46.4 Å². The van der Waals surface area contributed by atoms with Crippen molar-refractivity contribution in [3.05, 3.63) is 71.6 Å². The second-order valence-electron chi connectivity index (χ2n) is 5.80. The van der Waals surface area contributed by atoms with Crippen molar-refractivity contribution < 1.29 is 29.8 Å². The van der Waals surface area contributed by atoms with Crippen LogP contribution in [-0.2, 0) is 21.1 Å². The average molecular weight is 537 g/mol. The largest absolute Gasteiger partial charge is 2.00 e. The van der Waals surface area contributed by atoms with E-state index in [4.69, 9.17) is 0 Å². The van der Waals surface area contributed by atoms with Gasteiger partial charge < -0.3 is 0 Å². The van der Waals surface area contributed by atoms with Gasteiger partial charge in [-0.1, -0.05) is 29.0 Å². The summed E-state index contributed by atoms with van der Waals surface area (Å²) in [6, 6.07) is 15.5. The fourth-order valence-corrected chi connectivity index (χ4v) is 2.80. The van der Waals surface area contributed by atoms with Crippen molar-refractivity contribution >= 4 is 45.6 Å². The number of fused-ring (bicyclic) bond motifs is 10. The summed E-state index contributed by atoms with van der Waals surface area (Å²) in [6.07, 6.45) is 3.04. The van der Waals surface area contributed by atoms with Gasteiger partial charge in [0, 0.05) is 23.8 Å². The molecule has 0 amide bonds. The van der Waals surface area contributed by atoms with Crippen LogP contribution in [0.2, 0.25) is 0 Å².